The van der Waals surface area contributed by atoms with Crippen LogP contribution < -0.4 is 0 Å². The van der Waals surface area contributed by atoms with Gasteiger partial charge in [0.15, 0.2) is 18.0 Å². The molecule has 19 heavy (non-hydrogen) atoms. The Morgan fingerprint density at radius 2 is 2.05 bits per heavy atom. The molecule has 0 aromatic carbocycles. The van der Waals surface area contributed by atoms with Gasteiger partial charge in [0.1, 0.15) is 12.7 Å². The molecule has 7 heteroatoms. The van der Waals surface area contributed by atoms with E-state index in [4.69, 9.17) is 18.9 Å². The second-order valence-electron chi connectivity index (χ2n) is 4.18. The first-order valence-corrected chi connectivity index (χ1v) is 5.69. The number of esters is 2. The van der Waals surface area contributed by atoms with Crippen LogP contribution in [0.15, 0.2) is 12.7 Å². The van der Waals surface area contributed by atoms with Crippen molar-refractivity contribution >= 4 is 11.9 Å². The average molecular weight is 274 g/mol. The minimum absolute atomic E-state index is 0.245. The van der Waals surface area contributed by atoms with E-state index in [2.05, 4.69) is 6.58 Å². The number of carbonyl (C=O) groups is 2. The molecule has 0 spiro atoms. The maximum absolute atomic E-state index is 11.0. The third-order valence-corrected chi connectivity index (χ3v) is 2.80. The fourth-order valence-electron chi connectivity index (χ4n) is 1.84. The van der Waals surface area contributed by atoms with Crippen LogP contribution in [0.1, 0.15) is 13.8 Å². The summed E-state index contributed by atoms with van der Waals surface area (Å²) in [6.07, 6.45) is -1.93. The lowest BCUT2D eigenvalue weighted by Crippen LogP contribution is -2.46. The first kappa shape index (κ1) is 15.6. The van der Waals surface area contributed by atoms with Crippen molar-refractivity contribution in [2.75, 3.05) is 13.7 Å². The van der Waals surface area contributed by atoms with Crippen LogP contribution in [0.2, 0.25) is 0 Å². The highest BCUT2D eigenvalue weighted by molar-refractivity contribution is 5.66. The lowest BCUT2D eigenvalue weighted by Gasteiger charge is -2.27. The molecule has 0 aromatic heterocycles. The van der Waals surface area contributed by atoms with E-state index in [0.29, 0.717) is 0 Å². The molecule has 0 bridgehead atoms. The molecular weight excluding hydrogens is 256 g/mol. The Bertz CT molecular complexity index is 367. The standard InChI is InChI=1S/C12H18O7/c1-5-12(6-17-7(2)13)10(15)9(18-8(3)14)11(16-4)19-12/h5,9-11,15H,1,6H2,2-4H3/t9-,10+,11?,12-/m1/s1. The second kappa shape index (κ2) is 6.14. The van der Waals surface area contributed by atoms with Gasteiger partial charge >= 0.3 is 11.9 Å². The van der Waals surface area contributed by atoms with Crippen LogP contribution in [-0.2, 0) is 28.5 Å². The minimum Gasteiger partial charge on any atom is -0.462 e. The fraction of sp³-hybridized carbons (Fsp3) is 0.667. The Balaban J connectivity index is 2.91. The summed E-state index contributed by atoms with van der Waals surface area (Å²) >= 11 is 0. The fourth-order valence-corrected chi connectivity index (χ4v) is 1.84. The van der Waals surface area contributed by atoms with Gasteiger partial charge in [0.25, 0.3) is 0 Å². The van der Waals surface area contributed by atoms with Crippen LogP contribution in [0.3, 0.4) is 0 Å². The van der Waals surface area contributed by atoms with E-state index in [1.54, 1.807) is 0 Å². The van der Waals surface area contributed by atoms with Crippen LogP contribution in [0.4, 0.5) is 0 Å². The zero-order valence-electron chi connectivity index (χ0n) is 11.1. The Hall–Kier alpha value is -1.44. The highest BCUT2D eigenvalue weighted by Crippen LogP contribution is 2.35. The van der Waals surface area contributed by atoms with Crippen molar-refractivity contribution in [3.05, 3.63) is 12.7 Å². The highest BCUT2D eigenvalue weighted by atomic mass is 16.7. The predicted octanol–water partition coefficient (Wildman–Crippen LogP) is -0.230. The number of aliphatic hydroxyl groups is 1. The normalized spacial score (nSPS) is 33.8. The lowest BCUT2D eigenvalue weighted by atomic mass is 9.96. The van der Waals surface area contributed by atoms with Crippen molar-refractivity contribution in [1.29, 1.82) is 0 Å². The maximum Gasteiger partial charge on any atom is 0.303 e. The summed E-state index contributed by atoms with van der Waals surface area (Å²) in [5.74, 6) is -1.11. The van der Waals surface area contributed by atoms with Crippen molar-refractivity contribution in [1.82, 2.24) is 0 Å². The molecule has 1 aliphatic heterocycles. The number of hydrogen-bond donors (Lipinski definition) is 1. The Morgan fingerprint density at radius 3 is 2.47 bits per heavy atom. The number of methoxy groups -OCH3 is 1. The molecule has 1 heterocycles. The largest absolute Gasteiger partial charge is 0.462 e. The first-order valence-electron chi connectivity index (χ1n) is 5.69. The van der Waals surface area contributed by atoms with E-state index >= 15 is 0 Å². The molecule has 4 atom stereocenters. The smallest absolute Gasteiger partial charge is 0.303 e. The molecule has 1 rings (SSSR count). The van der Waals surface area contributed by atoms with Crippen LogP contribution in [0.25, 0.3) is 0 Å². The predicted molar refractivity (Wildman–Crippen MR) is 63.0 cm³/mol. The van der Waals surface area contributed by atoms with Crippen LogP contribution in [-0.4, -0.2) is 54.9 Å². The Morgan fingerprint density at radius 1 is 1.42 bits per heavy atom. The number of rotatable bonds is 5. The monoisotopic (exact) mass is 274 g/mol. The van der Waals surface area contributed by atoms with Gasteiger partial charge in [0.05, 0.1) is 0 Å². The molecule has 1 aliphatic rings. The van der Waals surface area contributed by atoms with E-state index in [1.807, 2.05) is 0 Å². The number of carbonyl (C=O) groups excluding carboxylic acids is 2. The van der Waals surface area contributed by atoms with Crippen molar-refractivity contribution in [2.24, 2.45) is 0 Å². The van der Waals surface area contributed by atoms with Crippen LogP contribution in [0.5, 0.6) is 0 Å². The molecule has 0 amide bonds. The maximum atomic E-state index is 11.0. The van der Waals surface area contributed by atoms with E-state index in [-0.39, 0.29) is 6.61 Å². The lowest BCUT2D eigenvalue weighted by molar-refractivity contribution is -0.190. The summed E-state index contributed by atoms with van der Waals surface area (Å²) in [5.41, 5.74) is -1.37. The third kappa shape index (κ3) is 3.31. The van der Waals surface area contributed by atoms with Gasteiger partial charge in [-0.25, -0.2) is 0 Å². The van der Waals surface area contributed by atoms with Gasteiger partial charge in [-0.15, -0.1) is 0 Å². The van der Waals surface area contributed by atoms with Crippen LogP contribution in [0, 0.1) is 0 Å². The van der Waals surface area contributed by atoms with Gasteiger partial charge in [-0.1, -0.05) is 12.7 Å². The van der Waals surface area contributed by atoms with Gasteiger partial charge in [-0.05, 0) is 0 Å². The summed E-state index contributed by atoms with van der Waals surface area (Å²) in [5, 5.41) is 10.2. The summed E-state index contributed by atoms with van der Waals surface area (Å²) < 4.78 is 20.3. The topological polar surface area (TPSA) is 91.3 Å². The number of ether oxygens (including phenoxy) is 4. The zero-order chi connectivity index (χ0) is 14.6. The zero-order valence-corrected chi connectivity index (χ0v) is 11.1. The third-order valence-electron chi connectivity index (χ3n) is 2.80. The summed E-state index contributed by atoms with van der Waals surface area (Å²) in [7, 11) is 1.35. The quantitative estimate of drug-likeness (QED) is 0.547. The SMILES string of the molecule is C=C[C@]1(COC(C)=O)OC(OC)[C@H](OC(C)=O)[C@@H]1O. The van der Waals surface area contributed by atoms with Gasteiger partial charge in [-0.2, -0.15) is 0 Å². The molecule has 7 nitrogen and oxygen atoms in total. The van der Waals surface area contributed by atoms with Crippen molar-refractivity contribution in [2.45, 2.75) is 37.9 Å². The molecule has 1 unspecified atom stereocenters. The van der Waals surface area contributed by atoms with E-state index in [0.717, 1.165) is 0 Å². The summed E-state index contributed by atoms with van der Waals surface area (Å²) in [6, 6.07) is 0. The molecule has 0 aromatic rings. The van der Waals surface area contributed by atoms with E-state index < -0.39 is 36.0 Å². The molecule has 0 aliphatic carbocycles. The van der Waals surface area contributed by atoms with Crippen molar-refractivity contribution in [3.8, 4) is 0 Å². The van der Waals surface area contributed by atoms with E-state index in [1.165, 1.54) is 27.0 Å². The molecule has 0 radical (unpaired) electrons. The molecule has 1 N–H and O–H groups in total. The second-order valence-corrected chi connectivity index (χ2v) is 4.18. The number of hydrogen-bond acceptors (Lipinski definition) is 7. The highest BCUT2D eigenvalue weighted by Gasteiger charge is 2.56. The molecular formula is C12H18O7. The minimum atomic E-state index is -1.37. The summed E-state index contributed by atoms with van der Waals surface area (Å²) in [4.78, 5) is 21.9. The average Bonchev–Trinajstić information content (AvgIpc) is 2.61. The van der Waals surface area contributed by atoms with E-state index in [9.17, 15) is 14.7 Å². The van der Waals surface area contributed by atoms with Gasteiger partial charge in [0.2, 0.25) is 0 Å². The van der Waals surface area contributed by atoms with Crippen molar-refractivity contribution < 1.29 is 33.6 Å². The molecule has 1 saturated heterocycles. The molecule has 0 saturated carbocycles. The Kier molecular flexibility index (Phi) is 5.04. The molecule has 1 fully saturated rings. The summed E-state index contributed by atoms with van der Waals surface area (Å²) in [6.45, 7) is 5.75. The van der Waals surface area contributed by atoms with Crippen molar-refractivity contribution in [3.63, 3.8) is 0 Å². The van der Waals surface area contributed by atoms with Gasteiger partial charge in [0, 0.05) is 21.0 Å². The first-order chi connectivity index (χ1) is 8.86. The van der Waals surface area contributed by atoms with Gasteiger partial charge < -0.3 is 24.1 Å². The molecule has 108 valence electrons. The van der Waals surface area contributed by atoms with Gasteiger partial charge in [-0.3, -0.25) is 9.59 Å². The Labute approximate surface area is 111 Å². The number of aliphatic hydroxyl groups excluding tert-OH is 1. The van der Waals surface area contributed by atoms with Crippen LogP contribution >= 0.6 is 0 Å².